The van der Waals surface area contributed by atoms with Crippen molar-refractivity contribution in [3.8, 4) is 5.75 Å². The van der Waals surface area contributed by atoms with Gasteiger partial charge in [-0.1, -0.05) is 12.1 Å². The van der Waals surface area contributed by atoms with Gasteiger partial charge in [0.25, 0.3) is 0 Å². The van der Waals surface area contributed by atoms with Gasteiger partial charge in [-0.25, -0.2) is 4.98 Å². The average Bonchev–Trinajstić information content (AvgIpc) is 3.08. The van der Waals surface area contributed by atoms with Crippen LogP contribution in [0.1, 0.15) is 31.2 Å². The number of nitrogens with one attached hydrogen (secondary N) is 1. The van der Waals surface area contributed by atoms with E-state index < -0.39 is 0 Å². The molecule has 0 amide bonds. The minimum absolute atomic E-state index is 0.534. The molecule has 1 aliphatic rings. The molecular formula is C19H28N4O. The third kappa shape index (κ3) is 4.36. The number of methoxy groups -OCH3 is 1. The molecule has 0 unspecified atom stereocenters. The number of ether oxygens (including phenoxy) is 1. The van der Waals surface area contributed by atoms with Crippen molar-refractivity contribution >= 4 is 0 Å². The summed E-state index contributed by atoms with van der Waals surface area (Å²) >= 11 is 0. The van der Waals surface area contributed by atoms with Crippen molar-refractivity contribution in [1.29, 1.82) is 0 Å². The zero-order chi connectivity index (χ0) is 16.8. The summed E-state index contributed by atoms with van der Waals surface area (Å²) in [5.41, 5.74) is 1.32. The van der Waals surface area contributed by atoms with Crippen LogP contribution in [0, 0.1) is 0 Å². The van der Waals surface area contributed by atoms with Crippen LogP contribution >= 0.6 is 0 Å². The third-order valence-electron chi connectivity index (χ3n) is 4.74. The first-order valence-electron chi connectivity index (χ1n) is 8.87. The molecule has 2 heterocycles. The van der Waals surface area contributed by atoms with E-state index in [4.69, 9.17) is 4.74 Å². The smallest absolute Gasteiger partial charge is 0.122 e. The first-order chi connectivity index (χ1) is 11.8. The molecule has 5 nitrogen and oxygen atoms in total. The second-order valence-corrected chi connectivity index (χ2v) is 6.44. The minimum Gasteiger partial charge on any atom is -0.497 e. The molecule has 1 aromatic heterocycles. The highest BCUT2D eigenvalue weighted by molar-refractivity contribution is 5.28. The van der Waals surface area contributed by atoms with Crippen LogP contribution in [0.4, 0.5) is 0 Å². The fraction of sp³-hybridized carbons (Fsp3) is 0.526. The van der Waals surface area contributed by atoms with E-state index in [0.29, 0.717) is 6.04 Å². The number of hydrogen-bond donors (Lipinski definition) is 1. The van der Waals surface area contributed by atoms with Gasteiger partial charge >= 0.3 is 0 Å². The Labute approximate surface area is 144 Å². The summed E-state index contributed by atoms with van der Waals surface area (Å²) in [6.07, 6.45) is 6.41. The van der Waals surface area contributed by atoms with Gasteiger partial charge in [0.15, 0.2) is 0 Å². The molecule has 0 aliphatic carbocycles. The van der Waals surface area contributed by atoms with Crippen LogP contribution in [0.25, 0.3) is 0 Å². The Morgan fingerprint density at radius 1 is 1.38 bits per heavy atom. The van der Waals surface area contributed by atoms with E-state index in [9.17, 15) is 0 Å². The molecule has 1 N–H and O–H groups in total. The topological polar surface area (TPSA) is 42.3 Å². The Morgan fingerprint density at radius 3 is 3.12 bits per heavy atom. The van der Waals surface area contributed by atoms with Gasteiger partial charge in [0.05, 0.1) is 13.7 Å². The number of aryl methyl sites for hydroxylation is 1. The molecule has 5 heteroatoms. The molecule has 0 bridgehead atoms. The number of hydrogen-bond acceptors (Lipinski definition) is 4. The van der Waals surface area contributed by atoms with Crippen molar-refractivity contribution in [1.82, 2.24) is 19.8 Å². The molecule has 1 saturated heterocycles. The lowest BCUT2D eigenvalue weighted by molar-refractivity contribution is 0.182. The second kappa shape index (κ2) is 8.31. The summed E-state index contributed by atoms with van der Waals surface area (Å²) in [5, 5.41) is 3.69. The molecular weight excluding hydrogens is 300 g/mol. The van der Waals surface area contributed by atoms with Gasteiger partial charge in [0.1, 0.15) is 11.6 Å². The summed E-state index contributed by atoms with van der Waals surface area (Å²) in [5.74, 6) is 2.06. The van der Waals surface area contributed by atoms with Crippen molar-refractivity contribution in [2.24, 2.45) is 0 Å². The maximum Gasteiger partial charge on any atom is 0.122 e. The lowest BCUT2D eigenvalue weighted by atomic mass is 10.0. The van der Waals surface area contributed by atoms with Gasteiger partial charge in [-0.15, -0.1) is 0 Å². The van der Waals surface area contributed by atoms with Gasteiger partial charge in [-0.05, 0) is 44.0 Å². The largest absolute Gasteiger partial charge is 0.497 e. The Balaban J connectivity index is 1.52. The van der Waals surface area contributed by atoms with Crippen molar-refractivity contribution in [2.75, 3.05) is 20.2 Å². The van der Waals surface area contributed by atoms with E-state index in [1.807, 2.05) is 18.5 Å². The molecule has 24 heavy (non-hydrogen) atoms. The quantitative estimate of drug-likeness (QED) is 0.848. The van der Waals surface area contributed by atoms with Crippen LogP contribution in [0.3, 0.4) is 0 Å². The lowest BCUT2D eigenvalue weighted by Crippen LogP contribution is -2.45. The third-order valence-corrected chi connectivity index (χ3v) is 4.74. The molecule has 130 valence electrons. The van der Waals surface area contributed by atoms with Crippen molar-refractivity contribution in [3.05, 3.63) is 48.0 Å². The summed E-state index contributed by atoms with van der Waals surface area (Å²) < 4.78 is 7.52. The Kier molecular flexibility index (Phi) is 5.88. The zero-order valence-electron chi connectivity index (χ0n) is 14.7. The van der Waals surface area contributed by atoms with E-state index in [0.717, 1.165) is 37.8 Å². The zero-order valence-corrected chi connectivity index (χ0v) is 14.7. The first kappa shape index (κ1) is 17.0. The predicted molar refractivity (Wildman–Crippen MR) is 96.0 cm³/mol. The van der Waals surface area contributed by atoms with Crippen molar-refractivity contribution in [3.63, 3.8) is 0 Å². The normalized spacial score (nSPS) is 18.7. The van der Waals surface area contributed by atoms with Crippen LogP contribution in [0.5, 0.6) is 5.75 Å². The Morgan fingerprint density at radius 2 is 2.29 bits per heavy atom. The molecule has 0 radical (unpaired) electrons. The number of likely N-dealkylation sites (tertiary alicyclic amines) is 1. The van der Waals surface area contributed by atoms with Crippen LogP contribution < -0.4 is 10.1 Å². The summed E-state index contributed by atoms with van der Waals surface area (Å²) in [6, 6.07) is 8.91. The first-order valence-corrected chi connectivity index (χ1v) is 8.87. The van der Waals surface area contributed by atoms with Crippen molar-refractivity contribution in [2.45, 2.75) is 45.4 Å². The van der Waals surface area contributed by atoms with E-state index in [1.54, 1.807) is 7.11 Å². The molecule has 3 rings (SSSR count). The number of aromatic nitrogens is 2. The van der Waals surface area contributed by atoms with Gasteiger partial charge in [-0.2, -0.15) is 0 Å². The highest BCUT2D eigenvalue weighted by Crippen LogP contribution is 2.17. The fourth-order valence-corrected chi connectivity index (χ4v) is 3.43. The van der Waals surface area contributed by atoms with Crippen LogP contribution in [0.15, 0.2) is 36.7 Å². The average molecular weight is 328 g/mol. The number of benzene rings is 1. The monoisotopic (exact) mass is 328 g/mol. The summed E-state index contributed by atoms with van der Waals surface area (Å²) in [4.78, 5) is 6.98. The lowest BCUT2D eigenvalue weighted by Gasteiger charge is -2.33. The summed E-state index contributed by atoms with van der Waals surface area (Å²) in [7, 11) is 1.72. The number of rotatable bonds is 7. The maximum absolute atomic E-state index is 5.33. The highest BCUT2D eigenvalue weighted by atomic mass is 16.5. The molecule has 1 atom stereocenters. The Hall–Kier alpha value is -1.85. The van der Waals surface area contributed by atoms with Gasteiger partial charge < -0.3 is 14.6 Å². The van der Waals surface area contributed by atoms with Crippen LogP contribution in [-0.2, 0) is 19.6 Å². The van der Waals surface area contributed by atoms with Gasteiger partial charge in [0.2, 0.25) is 0 Å². The van der Waals surface area contributed by atoms with E-state index in [2.05, 4.69) is 44.9 Å². The molecule has 1 fully saturated rings. The fourth-order valence-electron chi connectivity index (χ4n) is 3.43. The number of piperidine rings is 1. The predicted octanol–water partition coefficient (Wildman–Crippen LogP) is 2.67. The number of nitrogens with zero attached hydrogens (tertiary/aromatic N) is 3. The SMILES string of the molecule is CCn1ccnc1CN[C@@H]1CCCN(Cc2cccc(OC)c2)C1. The van der Waals surface area contributed by atoms with Crippen LogP contribution in [-0.4, -0.2) is 40.7 Å². The highest BCUT2D eigenvalue weighted by Gasteiger charge is 2.20. The van der Waals surface area contributed by atoms with E-state index in [1.165, 1.54) is 24.9 Å². The van der Waals surface area contributed by atoms with E-state index in [-0.39, 0.29) is 0 Å². The molecule has 1 aromatic carbocycles. The Bertz CT molecular complexity index is 640. The molecule has 0 saturated carbocycles. The maximum atomic E-state index is 5.33. The standard InChI is InChI=1S/C19H28N4O/c1-3-23-11-9-20-19(23)13-21-17-7-5-10-22(15-17)14-16-6-4-8-18(12-16)24-2/h4,6,8-9,11-12,17,21H,3,5,7,10,13-15H2,1-2H3/t17-/m1/s1. The van der Waals surface area contributed by atoms with Gasteiger partial charge in [-0.3, -0.25) is 4.90 Å². The molecule has 0 spiro atoms. The molecule has 2 aromatic rings. The van der Waals surface area contributed by atoms with Gasteiger partial charge in [0, 0.05) is 38.1 Å². The van der Waals surface area contributed by atoms with Crippen molar-refractivity contribution < 1.29 is 4.74 Å². The van der Waals surface area contributed by atoms with Crippen LogP contribution in [0.2, 0.25) is 0 Å². The van der Waals surface area contributed by atoms with E-state index >= 15 is 0 Å². The minimum atomic E-state index is 0.534. The number of imidazole rings is 1. The molecule has 1 aliphatic heterocycles. The second-order valence-electron chi connectivity index (χ2n) is 6.44. The summed E-state index contributed by atoms with van der Waals surface area (Å²) in [6.45, 7) is 7.21.